The predicted octanol–water partition coefficient (Wildman–Crippen LogP) is 2.37. The van der Waals surface area contributed by atoms with Gasteiger partial charge in [-0.1, -0.05) is 11.6 Å². The minimum Gasteiger partial charge on any atom is -0.376 e. The number of aliphatic hydroxyl groups excluding tert-OH is 1. The number of primary amides is 1. The van der Waals surface area contributed by atoms with Gasteiger partial charge in [-0.3, -0.25) is 4.79 Å². The van der Waals surface area contributed by atoms with Crippen molar-refractivity contribution in [1.82, 2.24) is 0 Å². The molecule has 8 heteroatoms. The molecule has 1 amide bonds. The highest BCUT2D eigenvalue weighted by Crippen LogP contribution is 2.36. The Bertz CT molecular complexity index is 718. The summed E-state index contributed by atoms with van der Waals surface area (Å²) in [5, 5.41) is 17.1. The Morgan fingerprint density at radius 2 is 2.09 bits per heavy atom. The van der Waals surface area contributed by atoms with Gasteiger partial charge in [0, 0.05) is 15.6 Å². The Hall–Kier alpha value is -1.80. The first kappa shape index (κ1) is 16.1. The maximum Gasteiger partial charge on any atom is 0.251 e. The van der Waals surface area contributed by atoms with Gasteiger partial charge in [-0.05, 0) is 36.2 Å². The van der Waals surface area contributed by atoms with Crippen LogP contribution in [0.4, 0.5) is 10.7 Å². The van der Waals surface area contributed by atoms with Gasteiger partial charge in [0.2, 0.25) is 6.35 Å². The van der Waals surface area contributed by atoms with Gasteiger partial charge in [0.25, 0.3) is 5.91 Å². The Morgan fingerprint density at radius 1 is 1.35 bits per heavy atom. The zero-order valence-electron chi connectivity index (χ0n) is 12.1. The van der Waals surface area contributed by atoms with E-state index in [2.05, 4.69) is 10.6 Å². The molecule has 0 saturated carbocycles. The summed E-state index contributed by atoms with van der Waals surface area (Å²) in [5.41, 5.74) is 7.54. The number of nitrogens with one attached hydrogen (secondary N) is 2. The van der Waals surface area contributed by atoms with Crippen LogP contribution in [0, 0.1) is 0 Å². The molecule has 0 fully saturated rings. The smallest absolute Gasteiger partial charge is 0.251 e. The van der Waals surface area contributed by atoms with Crippen LogP contribution in [0.25, 0.3) is 0 Å². The molecule has 1 aliphatic rings. The summed E-state index contributed by atoms with van der Waals surface area (Å²) in [4.78, 5) is 12.7. The van der Waals surface area contributed by atoms with Gasteiger partial charge in [0.15, 0.2) is 0 Å². The fourth-order valence-corrected chi connectivity index (χ4v) is 3.80. The molecule has 3 rings (SSSR count). The van der Waals surface area contributed by atoms with Crippen LogP contribution in [-0.4, -0.2) is 24.0 Å². The van der Waals surface area contributed by atoms with E-state index in [0.29, 0.717) is 40.9 Å². The number of carbonyl (C=O) groups excluding carboxylic acids is 1. The van der Waals surface area contributed by atoms with Crippen molar-refractivity contribution in [3.8, 4) is 0 Å². The third kappa shape index (κ3) is 3.59. The van der Waals surface area contributed by atoms with Crippen LogP contribution in [0.15, 0.2) is 24.3 Å². The maximum absolute atomic E-state index is 11.8. The number of hydrogen-bond donors (Lipinski definition) is 4. The van der Waals surface area contributed by atoms with Gasteiger partial charge in [-0.2, -0.15) is 0 Å². The number of amides is 1. The molecular weight excluding hydrogens is 338 g/mol. The molecule has 6 nitrogen and oxygen atoms in total. The number of anilines is 2. The van der Waals surface area contributed by atoms with E-state index in [9.17, 15) is 9.90 Å². The van der Waals surface area contributed by atoms with Crippen molar-refractivity contribution in [2.75, 3.05) is 17.2 Å². The second-order valence-corrected chi connectivity index (χ2v) is 6.61. The van der Waals surface area contributed by atoms with Crippen LogP contribution in [0.2, 0.25) is 5.02 Å². The molecule has 1 atom stereocenters. The number of aliphatic hydroxyl groups is 1. The quantitative estimate of drug-likeness (QED) is 0.619. The zero-order valence-corrected chi connectivity index (χ0v) is 13.7. The van der Waals surface area contributed by atoms with Crippen LogP contribution >= 0.6 is 22.9 Å². The van der Waals surface area contributed by atoms with Crippen molar-refractivity contribution < 1.29 is 14.6 Å². The first-order valence-corrected chi connectivity index (χ1v) is 8.23. The van der Waals surface area contributed by atoms with Crippen LogP contribution in [0.5, 0.6) is 0 Å². The van der Waals surface area contributed by atoms with Gasteiger partial charge < -0.3 is 26.2 Å². The lowest BCUT2D eigenvalue weighted by Gasteiger charge is -2.16. The number of thiophene rings is 1. The van der Waals surface area contributed by atoms with Crippen LogP contribution in [-0.2, 0) is 17.8 Å². The molecule has 23 heavy (non-hydrogen) atoms. The average Bonchev–Trinajstić information content (AvgIpc) is 2.87. The summed E-state index contributed by atoms with van der Waals surface area (Å²) >= 11 is 7.20. The molecule has 0 spiro atoms. The van der Waals surface area contributed by atoms with Crippen molar-refractivity contribution in [2.45, 2.75) is 19.4 Å². The van der Waals surface area contributed by atoms with E-state index >= 15 is 0 Å². The van der Waals surface area contributed by atoms with E-state index in [1.165, 1.54) is 11.3 Å². The first-order valence-electron chi connectivity index (χ1n) is 7.03. The summed E-state index contributed by atoms with van der Waals surface area (Å²) < 4.78 is 5.40. The predicted molar refractivity (Wildman–Crippen MR) is 90.9 cm³/mol. The van der Waals surface area contributed by atoms with E-state index in [1.54, 1.807) is 24.3 Å². The lowest BCUT2D eigenvalue weighted by atomic mass is 10.1. The van der Waals surface area contributed by atoms with E-state index in [-0.39, 0.29) is 0 Å². The number of fused-ring (bicyclic) bond motifs is 1. The second kappa shape index (κ2) is 6.76. The lowest BCUT2D eigenvalue weighted by molar-refractivity contribution is 0.0990. The zero-order chi connectivity index (χ0) is 16.4. The van der Waals surface area contributed by atoms with Gasteiger partial charge in [-0.15, -0.1) is 11.3 Å². The van der Waals surface area contributed by atoms with Gasteiger partial charge in [0.05, 0.1) is 18.8 Å². The molecule has 0 aliphatic carbocycles. The highest BCUT2D eigenvalue weighted by Gasteiger charge is 2.25. The molecule has 0 bridgehead atoms. The molecule has 1 unspecified atom stereocenters. The number of ether oxygens (including phenoxy) is 1. The Labute approximate surface area is 142 Å². The van der Waals surface area contributed by atoms with Crippen molar-refractivity contribution >= 4 is 39.5 Å². The normalized spacial score (nSPS) is 14.9. The summed E-state index contributed by atoms with van der Waals surface area (Å²) in [5.74, 6) is -0.509. The molecular formula is C15H16ClN3O3S. The van der Waals surface area contributed by atoms with E-state index in [4.69, 9.17) is 22.1 Å². The summed E-state index contributed by atoms with van der Waals surface area (Å²) in [6, 6.07) is 6.92. The largest absolute Gasteiger partial charge is 0.376 e. The first-order chi connectivity index (χ1) is 11.0. The molecule has 1 aromatic carbocycles. The number of benzene rings is 1. The molecule has 122 valence electrons. The summed E-state index contributed by atoms with van der Waals surface area (Å²) in [6.45, 7) is 1.03. The Kier molecular flexibility index (Phi) is 4.72. The standard InChI is InChI=1S/C15H16ClN3O3S/c16-8-1-3-9(4-2-8)18-15(21)19-14-12(13(17)20)10-5-6-22-7-11(10)23-14/h1-4,15,18-19,21H,5-7H2,(H2,17,20). The molecule has 0 radical (unpaired) electrons. The van der Waals surface area contributed by atoms with Crippen molar-refractivity contribution in [1.29, 1.82) is 0 Å². The highest BCUT2D eigenvalue weighted by molar-refractivity contribution is 7.16. The minimum atomic E-state index is -1.07. The van der Waals surface area contributed by atoms with Crippen LogP contribution < -0.4 is 16.4 Å². The Balaban J connectivity index is 1.77. The summed E-state index contributed by atoms with van der Waals surface area (Å²) in [6.07, 6.45) is -0.428. The van der Waals surface area contributed by atoms with Crippen molar-refractivity contribution in [3.63, 3.8) is 0 Å². The average molecular weight is 354 g/mol. The van der Waals surface area contributed by atoms with E-state index in [0.717, 1.165) is 10.4 Å². The molecule has 0 saturated heterocycles. The third-order valence-corrected chi connectivity index (χ3v) is 4.87. The second-order valence-electron chi connectivity index (χ2n) is 5.07. The monoisotopic (exact) mass is 353 g/mol. The van der Waals surface area contributed by atoms with Crippen molar-refractivity contribution in [2.24, 2.45) is 5.73 Å². The lowest BCUT2D eigenvalue weighted by Crippen LogP contribution is -2.29. The minimum absolute atomic E-state index is 0.435. The number of carbonyl (C=O) groups is 1. The highest BCUT2D eigenvalue weighted by atomic mass is 35.5. The van der Waals surface area contributed by atoms with Gasteiger partial charge >= 0.3 is 0 Å². The van der Waals surface area contributed by atoms with Gasteiger partial charge in [0.1, 0.15) is 5.00 Å². The SMILES string of the molecule is NC(=O)c1c(NC(O)Nc2ccc(Cl)cc2)sc2c1CCOC2. The maximum atomic E-state index is 11.8. The van der Waals surface area contributed by atoms with Crippen molar-refractivity contribution in [3.05, 3.63) is 45.3 Å². The van der Waals surface area contributed by atoms with E-state index < -0.39 is 12.3 Å². The molecule has 2 heterocycles. The van der Waals surface area contributed by atoms with Gasteiger partial charge in [-0.25, -0.2) is 0 Å². The number of halogens is 1. The number of nitrogens with two attached hydrogens (primary N) is 1. The number of hydrogen-bond acceptors (Lipinski definition) is 6. The van der Waals surface area contributed by atoms with E-state index in [1.807, 2.05) is 0 Å². The molecule has 1 aliphatic heterocycles. The van der Waals surface area contributed by atoms with Crippen LogP contribution in [0.3, 0.4) is 0 Å². The number of rotatable bonds is 5. The Morgan fingerprint density at radius 3 is 2.78 bits per heavy atom. The summed E-state index contributed by atoms with van der Waals surface area (Å²) in [7, 11) is 0. The fourth-order valence-electron chi connectivity index (χ4n) is 2.46. The fraction of sp³-hybridized carbons (Fsp3) is 0.267. The molecule has 2 aromatic rings. The molecule has 1 aromatic heterocycles. The van der Waals surface area contributed by atoms with Crippen LogP contribution in [0.1, 0.15) is 20.8 Å². The third-order valence-electron chi connectivity index (χ3n) is 3.48. The topological polar surface area (TPSA) is 96.6 Å². The molecule has 5 N–H and O–H groups in total.